The lowest BCUT2D eigenvalue weighted by Gasteiger charge is -2.38. The van der Waals surface area contributed by atoms with Crippen LogP contribution in [0.4, 0.5) is 0 Å². The molecule has 3 aliphatic heterocycles. The van der Waals surface area contributed by atoms with Crippen molar-refractivity contribution in [2.45, 2.75) is 76.1 Å². The van der Waals surface area contributed by atoms with Crippen LogP contribution in [0.3, 0.4) is 0 Å². The zero-order valence-electron chi connectivity index (χ0n) is 11.9. The molecule has 0 spiro atoms. The van der Waals surface area contributed by atoms with E-state index in [1.54, 1.807) is 0 Å². The predicted molar refractivity (Wildman–Crippen MR) is 73.9 cm³/mol. The third-order valence-electron chi connectivity index (χ3n) is 4.84. The maximum absolute atomic E-state index is 12.6. The summed E-state index contributed by atoms with van der Waals surface area (Å²) in [5, 5.41) is 3.66. The minimum Gasteiger partial charge on any atom is -0.368 e. The highest BCUT2D eigenvalue weighted by Gasteiger charge is 2.39. The van der Waals surface area contributed by atoms with Crippen molar-refractivity contribution < 1.29 is 9.53 Å². The van der Waals surface area contributed by atoms with Gasteiger partial charge >= 0.3 is 0 Å². The third kappa shape index (κ3) is 2.79. The van der Waals surface area contributed by atoms with Crippen LogP contribution in [0.25, 0.3) is 0 Å². The summed E-state index contributed by atoms with van der Waals surface area (Å²) in [7, 11) is 0. The summed E-state index contributed by atoms with van der Waals surface area (Å²) in [6.07, 6.45) is 7.68. The van der Waals surface area contributed by atoms with Gasteiger partial charge in [-0.2, -0.15) is 0 Å². The van der Waals surface area contributed by atoms with Gasteiger partial charge in [0, 0.05) is 31.3 Å². The number of carbonyl (C=O) groups excluding carboxylic acids is 1. The van der Waals surface area contributed by atoms with E-state index in [2.05, 4.69) is 17.1 Å². The van der Waals surface area contributed by atoms with Gasteiger partial charge in [0.05, 0.1) is 0 Å². The van der Waals surface area contributed by atoms with Crippen LogP contribution in [0.1, 0.15) is 51.9 Å². The Morgan fingerprint density at radius 3 is 2.58 bits per heavy atom. The smallest absolute Gasteiger partial charge is 0.251 e. The Labute approximate surface area is 115 Å². The van der Waals surface area contributed by atoms with E-state index in [1.807, 2.05) is 0 Å². The number of nitrogens with one attached hydrogen (secondary N) is 1. The number of hydrogen-bond acceptors (Lipinski definition) is 3. The summed E-state index contributed by atoms with van der Waals surface area (Å²) in [5.41, 5.74) is 0. The molecule has 108 valence electrons. The van der Waals surface area contributed by atoms with Crippen molar-refractivity contribution in [1.29, 1.82) is 0 Å². The van der Waals surface area contributed by atoms with Gasteiger partial charge in [0.1, 0.15) is 6.10 Å². The van der Waals surface area contributed by atoms with Crippen molar-refractivity contribution in [3.05, 3.63) is 0 Å². The Hall–Kier alpha value is -0.610. The molecule has 0 aromatic heterocycles. The fourth-order valence-corrected chi connectivity index (χ4v) is 3.95. The van der Waals surface area contributed by atoms with Gasteiger partial charge in [0.15, 0.2) is 0 Å². The number of nitrogens with zero attached hydrogens (tertiary/aromatic N) is 1. The lowest BCUT2D eigenvalue weighted by Crippen LogP contribution is -2.52. The van der Waals surface area contributed by atoms with E-state index in [1.165, 1.54) is 12.8 Å². The van der Waals surface area contributed by atoms with Crippen LogP contribution in [0, 0.1) is 0 Å². The van der Waals surface area contributed by atoms with Crippen LogP contribution < -0.4 is 5.32 Å². The van der Waals surface area contributed by atoms with E-state index in [0.717, 1.165) is 45.3 Å². The quantitative estimate of drug-likeness (QED) is 0.842. The second-order valence-corrected chi connectivity index (χ2v) is 6.30. The first kappa shape index (κ1) is 13.4. The lowest BCUT2D eigenvalue weighted by molar-refractivity contribution is -0.144. The highest BCUT2D eigenvalue weighted by atomic mass is 16.5. The molecule has 0 aromatic carbocycles. The molecular formula is C15H26N2O2. The standard InChI is InChI=1S/C15H26N2O2/c1-2-7-17(15(18)14-4-3-8-19-14)13-9-11-5-6-12(10-13)16-11/h11-14,16H,2-10H2,1H3/t11?,12?,13?,14-/m0/s1. The van der Waals surface area contributed by atoms with E-state index >= 15 is 0 Å². The minimum absolute atomic E-state index is 0.154. The molecule has 3 rings (SSSR count). The van der Waals surface area contributed by atoms with Gasteiger partial charge in [-0.25, -0.2) is 0 Å². The molecule has 0 aliphatic carbocycles. The van der Waals surface area contributed by atoms with Gasteiger partial charge in [0.25, 0.3) is 5.91 Å². The van der Waals surface area contributed by atoms with Gasteiger partial charge in [-0.3, -0.25) is 4.79 Å². The normalized spacial score (nSPS) is 37.5. The predicted octanol–water partition coefficient (Wildman–Crippen LogP) is 1.69. The van der Waals surface area contributed by atoms with Gasteiger partial charge in [-0.1, -0.05) is 6.92 Å². The van der Waals surface area contributed by atoms with Crippen molar-refractivity contribution in [3.63, 3.8) is 0 Å². The summed E-state index contributed by atoms with van der Waals surface area (Å²) in [5.74, 6) is 0.255. The number of amides is 1. The summed E-state index contributed by atoms with van der Waals surface area (Å²) in [6.45, 7) is 3.81. The number of piperidine rings is 1. The zero-order chi connectivity index (χ0) is 13.2. The Morgan fingerprint density at radius 2 is 2.00 bits per heavy atom. The van der Waals surface area contributed by atoms with Crippen LogP contribution in [-0.4, -0.2) is 48.2 Å². The van der Waals surface area contributed by atoms with Crippen molar-refractivity contribution in [1.82, 2.24) is 10.2 Å². The van der Waals surface area contributed by atoms with E-state index in [9.17, 15) is 4.79 Å². The van der Waals surface area contributed by atoms with Crippen LogP contribution >= 0.6 is 0 Å². The lowest BCUT2D eigenvalue weighted by atomic mass is 9.97. The van der Waals surface area contributed by atoms with E-state index in [0.29, 0.717) is 18.1 Å². The SMILES string of the molecule is CCCN(C(=O)[C@@H]1CCCO1)C1CC2CCC(C1)N2. The maximum Gasteiger partial charge on any atom is 0.251 e. The molecule has 2 unspecified atom stereocenters. The minimum atomic E-state index is -0.154. The molecule has 0 saturated carbocycles. The highest BCUT2D eigenvalue weighted by molar-refractivity contribution is 5.81. The third-order valence-corrected chi connectivity index (χ3v) is 4.84. The van der Waals surface area contributed by atoms with Crippen molar-refractivity contribution >= 4 is 5.91 Å². The second kappa shape index (κ2) is 5.80. The molecule has 3 fully saturated rings. The Morgan fingerprint density at radius 1 is 1.26 bits per heavy atom. The summed E-state index contributed by atoms with van der Waals surface area (Å²) < 4.78 is 5.60. The van der Waals surface area contributed by atoms with Crippen LogP contribution in [-0.2, 0) is 9.53 Å². The number of carbonyl (C=O) groups is 1. The molecule has 4 nitrogen and oxygen atoms in total. The van der Waals surface area contributed by atoms with Crippen LogP contribution in [0.15, 0.2) is 0 Å². The number of rotatable bonds is 4. The molecule has 3 heterocycles. The van der Waals surface area contributed by atoms with Crippen molar-refractivity contribution in [3.8, 4) is 0 Å². The summed E-state index contributed by atoms with van der Waals surface area (Å²) in [6, 6.07) is 1.72. The van der Waals surface area contributed by atoms with Gasteiger partial charge in [-0.05, 0) is 44.9 Å². The number of hydrogen-bond donors (Lipinski definition) is 1. The summed E-state index contributed by atoms with van der Waals surface area (Å²) >= 11 is 0. The van der Waals surface area contributed by atoms with Crippen LogP contribution in [0.5, 0.6) is 0 Å². The topological polar surface area (TPSA) is 41.6 Å². The first-order valence-electron chi connectivity index (χ1n) is 7.96. The van der Waals surface area contributed by atoms with Crippen molar-refractivity contribution in [2.75, 3.05) is 13.2 Å². The molecule has 0 aromatic rings. The van der Waals surface area contributed by atoms with E-state index < -0.39 is 0 Å². The molecule has 19 heavy (non-hydrogen) atoms. The molecule has 4 heteroatoms. The first-order valence-corrected chi connectivity index (χ1v) is 7.96. The Kier molecular flexibility index (Phi) is 4.08. The van der Waals surface area contributed by atoms with Gasteiger partial charge in [0.2, 0.25) is 0 Å². The fourth-order valence-electron chi connectivity index (χ4n) is 3.95. The largest absolute Gasteiger partial charge is 0.368 e. The molecule has 1 amide bonds. The van der Waals surface area contributed by atoms with E-state index in [4.69, 9.17) is 4.74 Å². The van der Waals surface area contributed by atoms with Gasteiger partial charge in [-0.15, -0.1) is 0 Å². The molecule has 2 bridgehead atoms. The maximum atomic E-state index is 12.6. The van der Waals surface area contributed by atoms with E-state index in [-0.39, 0.29) is 12.0 Å². The highest BCUT2D eigenvalue weighted by Crippen LogP contribution is 2.31. The molecule has 3 atom stereocenters. The fraction of sp³-hybridized carbons (Fsp3) is 0.933. The monoisotopic (exact) mass is 266 g/mol. The molecule has 3 saturated heterocycles. The number of fused-ring (bicyclic) bond motifs is 2. The van der Waals surface area contributed by atoms with Gasteiger partial charge < -0.3 is 15.0 Å². The average Bonchev–Trinajstić information content (AvgIpc) is 3.05. The summed E-state index contributed by atoms with van der Waals surface area (Å²) in [4.78, 5) is 14.8. The van der Waals surface area contributed by atoms with Crippen LogP contribution in [0.2, 0.25) is 0 Å². The molecule has 0 radical (unpaired) electrons. The molecule has 1 N–H and O–H groups in total. The Bertz CT molecular complexity index is 316. The molecule has 3 aliphatic rings. The average molecular weight is 266 g/mol. The molecular weight excluding hydrogens is 240 g/mol. The Balaban J connectivity index is 1.67. The first-order chi connectivity index (χ1) is 9.28. The van der Waals surface area contributed by atoms with Crippen molar-refractivity contribution in [2.24, 2.45) is 0 Å². The number of ether oxygens (including phenoxy) is 1. The second-order valence-electron chi connectivity index (χ2n) is 6.30. The zero-order valence-corrected chi connectivity index (χ0v) is 11.9.